The number of halogens is 3. The molecule has 2 aromatic rings. The van der Waals surface area contributed by atoms with Gasteiger partial charge in [-0.2, -0.15) is 13.2 Å². The summed E-state index contributed by atoms with van der Waals surface area (Å²) in [7, 11) is 0. The number of anilines is 1. The molecule has 0 spiro atoms. The number of benzene rings is 1. The fraction of sp³-hybridized carbons (Fsp3) is 0.524. The van der Waals surface area contributed by atoms with Crippen molar-refractivity contribution >= 4 is 28.5 Å². The lowest BCUT2D eigenvalue weighted by atomic mass is 9.96. The van der Waals surface area contributed by atoms with Gasteiger partial charge in [-0.3, -0.25) is 4.79 Å². The van der Waals surface area contributed by atoms with Gasteiger partial charge in [0.15, 0.2) is 0 Å². The van der Waals surface area contributed by atoms with Crippen LogP contribution in [0.4, 0.5) is 18.9 Å². The van der Waals surface area contributed by atoms with Crippen LogP contribution in [0.2, 0.25) is 0 Å². The molecule has 164 valence electrons. The zero-order valence-corrected chi connectivity index (χ0v) is 16.7. The number of alkyl halides is 3. The second-order valence-corrected chi connectivity index (χ2v) is 8.12. The maximum atomic E-state index is 11.3. The third-order valence-corrected chi connectivity index (χ3v) is 5.89. The second-order valence-electron chi connectivity index (χ2n) is 8.12. The van der Waals surface area contributed by atoms with Crippen molar-refractivity contribution in [2.75, 3.05) is 18.4 Å². The first-order valence-electron chi connectivity index (χ1n) is 10.0. The van der Waals surface area contributed by atoms with Crippen LogP contribution in [0.15, 0.2) is 24.4 Å². The molecule has 1 aromatic heterocycles. The van der Waals surface area contributed by atoms with Gasteiger partial charge < -0.3 is 20.7 Å². The minimum atomic E-state index is -5.08. The third kappa shape index (κ3) is 5.53. The maximum Gasteiger partial charge on any atom is 0.490 e. The Balaban J connectivity index is 0.000000318. The van der Waals surface area contributed by atoms with Gasteiger partial charge >= 0.3 is 12.1 Å². The number of aryl methyl sites for hydroxylation is 1. The molecule has 2 heterocycles. The molecular weight excluding hydrogens is 399 g/mol. The van der Waals surface area contributed by atoms with Crippen LogP contribution in [0.25, 0.3) is 10.9 Å². The Bertz CT molecular complexity index is 898. The van der Waals surface area contributed by atoms with Crippen molar-refractivity contribution in [3.8, 4) is 0 Å². The van der Waals surface area contributed by atoms with E-state index in [-0.39, 0.29) is 5.91 Å². The average Bonchev–Trinajstić information content (AvgIpc) is 3.34. The van der Waals surface area contributed by atoms with Gasteiger partial charge in [0, 0.05) is 24.0 Å². The van der Waals surface area contributed by atoms with Crippen molar-refractivity contribution in [3.63, 3.8) is 0 Å². The lowest BCUT2D eigenvalue weighted by molar-refractivity contribution is -0.192. The first-order chi connectivity index (χ1) is 14.1. The van der Waals surface area contributed by atoms with E-state index < -0.39 is 12.1 Å². The average molecular weight is 425 g/mol. The van der Waals surface area contributed by atoms with Crippen molar-refractivity contribution < 1.29 is 27.9 Å². The lowest BCUT2D eigenvalue weighted by Crippen LogP contribution is -2.21. The number of rotatable bonds is 4. The molecular formula is C21H26F3N3O3. The number of H-pyrrole nitrogens is 1. The second kappa shape index (κ2) is 9.07. The predicted molar refractivity (Wildman–Crippen MR) is 107 cm³/mol. The molecule has 30 heavy (non-hydrogen) atoms. The first kappa shape index (κ1) is 22.1. The molecule has 3 atom stereocenters. The molecule has 9 heteroatoms. The van der Waals surface area contributed by atoms with E-state index in [0.29, 0.717) is 0 Å². The van der Waals surface area contributed by atoms with Gasteiger partial charge in [0.05, 0.1) is 5.69 Å². The Kier molecular flexibility index (Phi) is 6.70. The number of hydrogen-bond donors (Lipinski definition) is 4. The summed E-state index contributed by atoms with van der Waals surface area (Å²) in [6.45, 7) is 4.02. The van der Waals surface area contributed by atoms with E-state index >= 15 is 0 Å². The Hall–Kier alpha value is -2.55. The largest absolute Gasteiger partial charge is 0.490 e. The molecule has 1 aliphatic heterocycles. The molecule has 4 rings (SSSR count). The molecule has 4 N–H and O–H groups in total. The fourth-order valence-electron chi connectivity index (χ4n) is 4.51. The van der Waals surface area contributed by atoms with Crippen LogP contribution in [-0.4, -0.2) is 41.2 Å². The van der Waals surface area contributed by atoms with Crippen molar-refractivity contribution in [2.24, 2.45) is 17.8 Å². The summed E-state index contributed by atoms with van der Waals surface area (Å²) < 4.78 is 31.7. The van der Waals surface area contributed by atoms with Crippen molar-refractivity contribution in [1.29, 1.82) is 0 Å². The summed E-state index contributed by atoms with van der Waals surface area (Å²) in [5, 5.41) is 14.7. The number of aromatic nitrogens is 1. The number of amides is 1. The zero-order chi connectivity index (χ0) is 21.9. The predicted octanol–water partition coefficient (Wildman–Crippen LogP) is 3.94. The van der Waals surface area contributed by atoms with Gasteiger partial charge in [-0.1, -0.05) is 6.07 Å². The Morgan fingerprint density at radius 2 is 1.83 bits per heavy atom. The fourth-order valence-corrected chi connectivity index (χ4v) is 4.51. The van der Waals surface area contributed by atoms with Crippen LogP contribution in [-0.2, 0) is 16.0 Å². The standard InChI is InChI=1S/C19H25N3O.C2HF3O2/c1-12(23)22-19-11-21-18-5-4-13(8-17(18)19)2-3-14-6-15-9-20-10-16(15)7-14;3-2(4,5)1(6)7/h4-5,8,11,14-16,20-21H,2-3,6-7,9-10H2,1H3,(H,22,23);(H,6,7)/t14?,15-,16+;. The van der Waals surface area contributed by atoms with Crippen LogP contribution in [0.5, 0.6) is 0 Å². The molecule has 0 bridgehead atoms. The summed E-state index contributed by atoms with van der Waals surface area (Å²) in [6.07, 6.45) is 2.03. The van der Waals surface area contributed by atoms with Gasteiger partial charge in [-0.25, -0.2) is 4.79 Å². The summed E-state index contributed by atoms with van der Waals surface area (Å²) in [5.74, 6) is -0.0317. The molecule has 1 saturated heterocycles. The van der Waals surface area contributed by atoms with Crippen molar-refractivity contribution in [3.05, 3.63) is 30.0 Å². The highest BCUT2D eigenvalue weighted by molar-refractivity contribution is 6.01. The van der Waals surface area contributed by atoms with E-state index in [1.54, 1.807) is 6.92 Å². The van der Waals surface area contributed by atoms with Crippen molar-refractivity contribution in [1.82, 2.24) is 10.3 Å². The Morgan fingerprint density at radius 3 is 2.40 bits per heavy atom. The normalized spacial score (nSPS) is 23.0. The summed E-state index contributed by atoms with van der Waals surface area (Å²) in [4.78, 5) is 23.4. The van der Waals surface area contributed by atoms with Gasteiger partial charge in [0.2, 0.25) is 5.91 Å². The van der Waals surface area contributed by atoms with Gasteiger partial charge in [0.1, 0.15) is 0 Å². The van der Waals surface area contributed by atoms with Crippen LogP contribution in [0.1, 0.15) is 31.7 Å². The van der Waals surface area contributed by atoms with E-state index in [4.69, 9.17) is 9.90 Å². The molecule has 0 radical (unpaired) electrons. The summed E-state index contributed by atoms with van der Waals surface area (Å²) >= 11 is 0. The number of nitrogens with one attached hydrogen (secondary N) is 3. The molecule has 2 fully saturated rings. The van der Waals surface area contributed by atoms with E-state index in [1.165, 1.54) is 37.9 Å². The number of carboxylic acids is 1. The smallest absolute Gasteiger partial charge is 0.475 e. The number of carbonyl (C=O) groups is 2. The van der Waals surface area contributed by atoms with E-state index in [0.717, 1.165) is 40.8 Å². The van der Waals surface area contributed by atoms with Crippen molar-refractivity contribution in [2.45, 2.75) is 38.8 Å². The molecule has 1 aliphatic carbocycles. The van der Waals surface area contributed by atoms with Crippen LogP contribution in [0.3, 0.4) is 0 Å². The van der Waals surface area contributed by atoms with Crippen LogP contribution < -0.4 is 10.6 Å². The minimum absolute atomic E-state index is 0.0255. The number of hydrogen-bond acceptors (Lipinski definition) is 3. The third-order valence-electron chi connectivity index (χ3n) is 5.89. The highest BCUT2D eigenvalue weighted by Crippen LogP contribution is 2.40. The summed E-state index contributed by atoms with van der Waals surface area (Å²) in [6, 6.07) is 6.57. The zero-order valence-electron chi connectivity index (χ0n) is 16.7. The Labute approximate surface area is 172 Å². The highest BCUT2D eigenvalue weighted by atomic mass is 19.4. The first-order valence-corrected chi connectivity index (χ1v) is 10.0. The molecule has 2 aliphatic rings. The molecule has 6 nitrogen and oxygen atoms in total. The number of fused-ring (bicyclic) bond motifs is 2. The number of aliphatic carboxylic acids is 1. The highest BCUT2D eigenvalue weighted by Gasteiger charge is 2.38. The number of aromatic amines is 1. The quantitative estimate of drug-likeness (QED) is 0.597. The monoisotopic (exact) mass is 425 g/mol. The molecule has 1 saturated carbocycles. The lowest BCUT2D eigenvalue weighted by Gasteiger charge is -2.11. The molecule has 1 amide bonds. The SMILES string of the molecule is CC(=O)Nc1c[nH]c2ccc(CCC3C[C@H]4CNC[C@H]4C3)cc12.O=C(O)C(F)(F)F. The van der Waals surface area contributed by atoms with Gasteiger partial charge in [-0.15, -0.1) is 0 Å². The Morgan fingerprint density at radius 1 is 1.20 bits per heavy atom. The van der Waals surface area contributed by atoms with E-state index in [2.05, 4.69) is 33.8 Å². The maximum absolute atomic E-state index is 11.3. The number of carboxylic acid groups (broad SMARTS) is 1. The van der Waals surface area contributed by atoms with Crippen LogP contribution >= 0.6 is 0 Å². The topological polar surface area (TPSA) is 94.2 Å². The molecule has 1 aromatic carbocycles. The molecule has 1 unspecified atom stereocenters. The van der Waals surface area contributed by atoms with E-state index in [1.807, 2.05) is 6.20 Å². The van der Waals surface area contributed by atoms with Gasteiger partial charge in [-0.05, 0) is 74.2 Å². The summed E-state index contributed by atoms with van der Waals surface area (Å²) in [5.41, 5.74) is 3.34. The van der Waals surface area contributed by atoms with Crippen LogP contribution in [0, 0.1) is 17.8 Å². The number of carbonyl (C=O) groups excluding carboxylic acids is 1. The minimum Gasteiger partial charge on any atom is -0.475 e. The van der Waals surface area contributed by atoms with Gasteiger partial charge in [0.25, 0.3) is 0 Å². The van der Waals surface area contributed by atoms with E-state index in [9.17, 15) is 18.0 Å².